The highest BCUT2D eigenvalue weighted by Crippen LogP contribution is 2.31. The van der Waals surface area contributed by atoms with Gasteiger partial charge in [0.2, 0.25) is 0 Å². The summed E-state index contributed by atoms with van der Waals surface area (Å²) >= 11 is 1.48. The molecule has 1 heterocycles. The van der Waals surface area contributed by atoms with Gasteiger partial charge in [0, 0.05) is 4.88 Å². The largest absolute Gasteiger partial charge is 0.465 e. The Kier molecular flexibility index (Phi) is 7.43. The third kappa shape index (κ3) is 5.67. The van der Waals surface area contributed by atoms with E-state index in [1.807, 2.05) is 66.1 Å². The number of nitrogens with zero attached hydrogens (tertiary/aromatic N) is 1. The first-order valence-electron chi connectivity index (χ1n) is 10.9. The van der Waals surface area contributed by atoms with E-state index in [9.17, 15) is 9.59 Å². The van der Waals surface area contributed by atoms with Crippen LogP contribution in [0.2, 0.25) is 0 Å². The smallest absolute Gasteiger partial charge is 0.337 e. The lowest BCUT2D eigenvalue weighted by atomic mass is 10.0. The van der Waals surface area contributed by atoms with Gasteiger partial charge in [-0.25, -0.2) is 4.79 Å². The summed E-state index contributed by atoms with van der Waals surface area (Å²) in [7, 11) is 1.34. The van der Waals surface area contributed by atoms with Crippen molar-refractivity contribution in [2.75, 3.05) is 17.7 Å². The van der Waals surface area contributed by atoms with Crippen molar-refractivity contribution in [1.82, 2.24) is 0 Å². The molecule has 4 aromatic rings. The second-order valence-electron chi connectivity index (χ2n) is 7.84. The number of benzene rings is 3. The first-order chi connectivity index (χ1) is 17.0. The Morgan fingerprint density at radius 3 is 2.31 bits per heavy atom. The molecule has 1 amide bonds. The Hall–Kier alpha value is -4.16. The molecule has 0 saturated heterocycles. The van der Waals surface area contributed by atoms with E-state index in [1.165, 1.54) is 18.4 Å². The monoisotopic (exact) mass is 480 g/mol. The molecule has 4 rings (SSSR count). The quantitative estimate of drug-likeness (QED) is 0.202. The first kappa shape index (κ1) is 24.0. The molecule has 0 aliphatic heterocycles. The lowest BCUT2D eigenvalue weighted by molar-refractivity contribution is -0.113. The Morgan fingerprint density at radius 2 is 1.69 bits per heavy atom. The second-order valence-corrected chi connectivity index (χ2v) is 8.79. The molecule has 2 radical (unpaired) electrons. The highest BCUT2D eigenvalue weighted by atomic mass is 32.1. The van der Waals surface area contributed by atoms with Crippen molar-refractivity contribution in [1.29, 1.82) is 0 Å². The molecule has 174 valence electrons. The Morgan fingerprint density at radius 1 is 0.971 bits per heavy atom. The summed E-state index contributed by atoms with van der Waals surface area (Å²) in [5, 5.41) is 1.93. The van der Waals surface area contributed by atoms with Crippen LogP contribution in [-0.4, -0.2) is 19.0 Å². The fourth-order valence-electron chi connectivity index (χ4n) is 3.62. The van der Waals surface area contributed by atoms with Gasteiger partial charge in [-0.15, -0.1) is 11.3 Å². The minimum atomic E-state index is -0.413. The number of carbonyl (C=O) groups excluding carboxylic acids is 2. The van der Waals surface area contributed by atoms with Crippen LogP contribution < -0.4 is 10.6 Å². The van der Waals surface area contributed by atoms with Gasteiger partial charge in [0.25, 0.3) is 5.91 Å². The number of para-hydroxylation sites is 2. The molecule has 0 aliphatic rings. The minimum Gasteiger partial charge on any atom is -0.465 e. The normalized spacial score (nSPS) is 11.2. The van der Waals surface area contributed by atoms with Crippen LogP contribution in [0.4, 0.5) is 11.4 Å². The molecule has 0 bridgehead atoms. The van der Waals surface area contributed by atoms with Crippen molar-refractivity contribution < 1.29 is 14.3 Å². The maximum atomic E-state index is 14.1. The molecule has 35 heavy (non-hydrogen) atoms. The molecule has 0 saturated carbocycles. The van der Waals surface area contributed by atoms with E-state index in [-0.39, 0.29) is 5.91 Å². The summed E-state index contributed by atoms with van der Waals surface area (Å²) in [5.74, 6) is -0.608. The van der Waals surface area contributed by atoms with Crippen molar-refractivity contribution in [3.05, 3.63) is 124 Å². The van der Waals surface area contributed by atoms with E-state index in [0.717, 1.165) is 16.0 Å². The van der Waals surface area contributed by atoms with Gasteiger partial charge in [-0.2, -0.15) is 0 Å². The summed E-state index contributed by atoms with van der Waals surface area (Å²) in [6, 6.07) is 25.5. The number of rotatable bonds is 7. The van der Waals surface area contributed by atoms with E-state index in [4.69, 9.17) is 17.4 Å². The molecular formula is C29H24N2O3S. The average molecular weight is 481 g/mol. The van der Waals surface area contributed by atoms with Crippen molar-refractivity contribution in [2.45, 2.75) is 6.54 Å². The van der Waals surface area contributed by atoms with E-state index in [2.05, 4.69) is 0 Å². The van der Waals surface area contributed by atoms with Crippen LogP contribution in [0.5, 0.6) is 0 Å². The number of amides is 1. The molecule has 0 fully saturated rings. The number of hydrogen-bond donors (Lipinski definition) is 1. The van der Waals surface area contributed by atoms with Gasteiger partial charge >= 0.3 is 5.97 Å². The molecule has 3 aromatic carbocycles. The summed E-state index contributed by atoms with van der Waals surface area (Å²) in [6.45, 7) is 6.17. The van der Waals surface area contributed by atoms with Crippen LogP contribution in [0.15, 0.2) is 90.3 Å². The van der Waals surface area contributed by atoms with Crippen LogP contribution in [-0.2, 0) is 16.1 Å². The summed E-state index contributed by atoms with van der Waals surface area (Å²) in [5.41, 5.74) is 10.7. The number of anilines is 2. The number of thiophene rings is 1. The number of methoxy groups -OCH3 is 1. The van der Waals surface area contributed by atoms with Gasteiger partial charge in [0.1, 0.15) is 0 Å². The van der Waals surface area contributed by atoms with Crippen molar-refractivity contribution in [3.8, 4) is 0 Å². The molecule has 0 spiro atoms. The van der Waals surface area contributed by atoms with Crippen molar-refractivity contribution >= 4 is 46.2 Å². The summed E-state index contributed by atoms with van der Waals surface area (Å²) in [6.07, 6.45) is 1.82. The molecule has 0 aliphatic carbocycles. The zero-order valence-electron chi connectivity index (χ0n) is 19.2. The van der Waals surface area contributed by atoms with Crippen LogP contribution in [0.1, 0.15) is 31.9 Å². The highest BCUT2D eigenvalue weighted by Gasteiger charge is 2.24. The molecule has 0 atom stereocenters. The molecule has 1 aromatic heterocycles. The van der Waals surface area contributed by atoms with Crippen LogP contribution in [0.3, 0.4) is 0 Å². The van der Waals surface area contributed by atoms with Gasteiger partial charge in [0.05, 0.1) is 36.2 Å². The van der Waals surface area contributed by atoms with Crippen molar-refractivity contribution in [2.24, 2.45) is 0 Å². The lowest BCUT2D eigenvalue weighted by Crippen LogP contribution is -2.31. The highest BCUT2D eigenvalue weighted by molar-refractivity contribution is 7.11. The first-order valence-corrected chi connectivity index (χ1v) is 11.8. The van der Waals surface area contributed by atoms with E-state index in [1.54, 1.807) is 35.2 Å². The maximum Gasteiger partial charge on any atom is 0.337 e. The fraction of sp³-hybridized carbons (Fsp3) is 0.0690. The zero-order chi connectivity index (χ0) is 24.8. The number of ether oxygens (including phenoxy) is 1. The van der Waals surface area contributed by atoms with E-state index >= 15 is 0 Å². The Balaban J connectivity index is 1.77. The Bertz CT molecular complexity index is 1340. The number of nitrogen functional groups attached to an aromatic ring is 1. The molecule has 0 unspecified atom stereocenters. The molecule has 2 N–H and O–H groups in total. The SMILES string of the molecule is [CH]c1ccc(CN(C(=O)C(=Cc2ccc(C(=O)OC)cc2)c2cccs2)c2ccccc2N)cc1. The minimum absolute atomic E-state index is 0.195. The number of hydrogen-bond acceptors (Lipinski definition) is 5. The molecule has 6 heteroatoms. The van der Waals surface area contributed by atoms with E-state index < -0.39 is 5.97 Å². The zero-order valence-corrected chi connectivity index (χ0v) is 20.0. The predicted octanol–water partition coefficient (Wildman–Crippen LogP) is 5.95. The van der Waals surface area contributed by atoms with Crippen LogP contribution in [0.25, 0.3) is 11.6 Å². The third-order valence-electron chi connectivity index (χ3n) is 5.45. The summed E-state index contributed by atoms with van der Waals surface area (Å²) < 4.78 is 4.78. The fourth-order valence-corrected chi connectivity index (χ4v) is 4.35. The van der Waals surface area contributed by atoms with Crippen molar-refractivity contribution in [3.63, 3.8) is 0 Å². The number of nitrogens with two attached hydrogens (primary N) is 1. The van der Waals surface area contributed by atoms with Gasteiger partial charge in [-0.1, -0.05) is 54.6 Å². The van der Waals surface area contributed by atoms with Gasteiger partial charge in [-0.05, 0) is 65.4 Å². The second kappa shape index (κ2) is 10.8. The topological polar surface area (TPSA) is 72.6 Å². The lowest BCUT2D eigenvalue weighted by Gasteiger charge is -2.25. The number of esters is 1. The van der Waals surface area contributed by atoms with Gasteiger partial charge in [-0.3, -0.25) is 4.79 Å². The number of carbonyl (C=O) groups is 2. The van der Waals surface area contributed by atoms with Gasteiger partial charge < -0.3 is 15.4 Å². The average Bonchev–Trinajstić information content (AvgIpc) is 3.42. The third-order valence-corrected chi connectivity index (χ3v) is 6.36. The summed E-state index contributed by atoms with van der Waals surface area (Å²) in [4.78, 5) is 28.4. The van der Waals surface area contributed by atoms with E-state index in [0.29, 0.717) is 34.6 Å². The Labute approximate surface area is 209 Å². The van der Waals surface area contributed by atoms with Crippen LogP contribution in [0, 0.1) is 6.92 Å². The molecule has 5 nitrogen and oxygen atoms in total. The standard InChI is InChI=1S/C29H24N2O3S/c1-20-9-11-22(12-10-20)19-31(26-7-4-3-6-25(26)30)28(32)24(27-8-5-17-35-27)18-21-13-15-23(16-14-21)29(33)34-2/h1,3-18H,19,30H2,2H3. The predicted molar refractivity (Wildman–Crippen MR) is 142 cm³/mol. The maximum absolute atomic E-state index is 14.1. The molecular weight excluding hydrogens is 456 g/mol. The van der Waals surface area contributed by atoms with Crippen LogP contribution >= 0.6 is 11.3 Å². The van der Waals surface area contributed by atoms with Gasteiger partial charge in [0.15, 0.2) is 0 Å².